The highest BCUT2D eigenvalue weighted by Crippen LogP contribution is 2.22. The van der Waals surface area contributed by atoms with E-state index in [2.05, 4.69) is 21.2 Å². The van der Waals surface area contributed by atoms with Crippen LogP contribution in [0.3, 0.4) is 0 Å². The molecule has 1 saturated heterocycles. The van der Waals surface area contributed by atoms with Gasteiger partial charge in [-0.2, -0.15) is 0 Å². The minimum atomic E-state index is -0.525. The van der Waals surface area contributed by atoms with Gasteiger partial charge >= 0.3 is 0 Å². The molecule has 1 aliphatic heterocycles. The Bertz CT molecular complexity index is 428. The first-order valence-electron chi connectivity index (χ1n) is 6.05. The first kappa shape index (κ1) is 13.9. The van der Waals surface area contributed by atoms with E-state index >= 15 is 0 Å². The first-order chi connectivity index (χ1) is 8.58. The molecule has 0 aliphatic carbocycles. The zero-order valence-corrected chi connectivity index (χ0v) is 11.8. The van der Waals surface area contributed by atoms with E-state index in [1.807, 2.05) is 6.92 Å². The van der Waals surface area contributed by atoms with Gasteiger partial charge in [-0.25, -0.2) is 8.78 Å². The minimum Gasteiger partial charge on any atom is -0.378 e. The van der Waals surface area contributed by atoms with Gasteiger partial charge in [0.2, 0.25) is 0 Å². The highest BCUT2D eigenvalue weighted by atomic mass is 79.9. The van der Waals surface area contributed by atoms with E-state index in [4.69, 9.17) is 4.74 Å². The summed E-state index contributed by atoms with van der Waals surface area (Å²) in [7, 11) is 0. The van der Waals surface area contributed by atoms with Gasteiger partial charge in [0, 0.05) is 24.8 Å². The fourth-order valence-electron chi connectivity index (χ4n) is 2.16. The molecule has 2 atom stereocenters. The van der Waals surface area contributed by atoms with Crippen LogP contribution in [0, 0.1) is 11.6 Å². The maximum Gasteiger partial charge on any atom is 0.144 e. The van der Waals surface area contributed by atoms with Crippen LogP contribution in [0.4, 0.5) is 8.78 Å². The third-order valence-corrected chi connectivity index (χ3v) is 3.80. The maximum absolute atomic E-state index is 13.7. The smallest absolute Gasteiger partial charge is 0.144 e. The third kappa shape index (κ3) is 3.28. The van der Waals surface area contributed by atoms with E-state index in [-0.39, 0.29) is 24.3 Å². The van der Waals surface area contributed by atoms with E-state index in [0.29, 0.717) is 11.1 Å². The Balaban J connectivity index is 1.99. The average molecular weight is 320 g/mol. The standard InChI is InChI=1S/C13H16BrF2NO/c1-8-6-9(4-5-18-8)17-7-10-12(15)3-2-11(14)13(10)16/h2-3,8-9,17H,4-7H2,1H3. The SMILES string of the molecule is CC1CC(NCc2c(F)ccc(Br)c2F)CCO1. The first-order valence-corrected chi connectivity index (χ1v) is 6.84. The monoisotopic (exact) mass is 319 g/mol. The zero-order valence-electron chi connectivity index (χ0n) is 10.2. The van der Waals surface area contributed by atoms with Crippen molar-refractivity contribution in [1.29, 1.82) is 0 Å². The zero-order chi connectivity index (χ0) is 13.1. The molecule has 2 unspecified atom stereocenters. The Labute approximate surface area is 114 Å². The summed E-state index contributed by atoms with van der Waals surface area (Å²) in [6.45, 7) is 2.91. The Hall–Kier alpha value is -0.520. The molecule has 0 spiro atoms. The molecule has 1 aliphatic rings. The van der Waals surface area contributed by atoms with Gasteiger partial charge in [-0.3, -0.25) is 0 Å². The van der Waals surface area contributed by atoms with Crippen LogP contribution < -0.4 is 5.32 Å². The van der Waals surface area contributed by atoms with E-state index in [1.54, 1.807) is 0 Å². The van der Waals surface area contributed by atoms with Crippen LogP contribution in [0.15, 0.2) is 16.6 Å². The molecule has 1 aromatic rings. The predicted molar refractivity (Wildman–Crippen MR) is 69.3 cm³/mol. The third-order valence-electron chi connectivity index (χ3n) is 3.19. The number of hydrogen-bond donors (Lipinski definition) is 1. The topological polar surface area (TPSA) is 21.3 Å². The fraction of sp³-hybridized carbons (Fsp3) is 0.538. The summed E-state index contributed by atoms with van der Waals surface area (Å²) in [5, 5.41) is 3.20. The van der Waals surface area contributed by atoms with Gasteiger partial charge in [0.25, 0.3) is 0 Å². The molecule has 0 saturated carbocycles. The molecular weight excluding hydrogens is 304 g/mol. The second-order valence-corrected chi connectivity index (χ2v) is 5.46. The van der Waals surface area contributed by atoms with E-state index < -0.39 is 11.6 Å². The van der Waals surface area contributed by atoms with Crippen molar-refractivity contribution in [2.24, 2.45) is 0 Å². The summed E-state index contributed by atoms with van der Waals surface area (Å²) in [6.07, 6.45) is 1.95. The van der Waals surface area contributed by atoms with Crippen molar-refractivity contribution in [3.8, 4) is 0 Å². The summed E-state index contributed by atoms with van der Waals surface area (Å²) in [4.78, 5) is 0. The summed E-state index contributed by atoms with van der Waals surface area (Å²) >= 11 is 3.07. The second-order valence-electron chi connectivity index (χ2n) is 4.61. The normalized spacial score (nSPS) is 24.2. The maximum atomic E-state index is 13.7. The number of ether oxygens (including phenoxy) is 1. The van der Waals surface area contributed by atoms with Crippen molar-refractivity contribution >= 4 is 15.9 Å². The molecule has 18 heavy (non-hydrogen) atoms. The lowest BCUT2D eigenvalue weighted by Crippen LogP contribution is -2.37. The lowest BCUT2D eigenvalue weighted by atomic mass is 10.0. The molecule has 1 aromatic carbocycles. The quantitative estimate of drug-likeness (QED) is 0.862. The second kappa shape index (κ2) is 6.08. The molecule has 100 valence electrons. The largest absolute Gasteiger partial charge is 0.378 e. The van der Waals surface area contributed by atoms with E-state index in [9.17, 15) is 8.78 Å². The van der Waals surface area contributed by atoms with Gasteiger partial charge in [-0.1, -0.05) is 0 Å². The number of halogens is 3. The summed E-state index contributed by atoms with van der Waals surface area (Å²) in [5.41, 5.74) is 0.0866. The van der Waals surface area contributed by atoms with Crippen LogP contribution in [-0.2, 0) is 11.3 Å². The van der Waals surface area contributed by atoms with Crippen molar-refractivity contribution in [3.63, 3.8) is 0 Å². The molecule has 5 heteroatoms. The molecule has 1 fully saturated rings. The van der Waals surface area contributed by atoms with Crippen LogP contribution >= 0.6 is 15.9 Å². The highest BCUT2D eigenvalue weighted by molar-refractivity contribution is 9.10. The van der Waals surface area contributed by atoms with Gasteiger partial charge in [-0.05, 0) is 47.8 Å². The molecule has 1 heterocycles. The summed E-state index contributed by atoms with van der Waals surface area (Å²) in [6, 6.07) is 2.91. The van der Waals surface area contributed by atoms with Gasteiger partial charge in [0.05, 0.1) is 10.6 Å². The van der Waals surface area contributed by atoms with Gasteiger partial charge in [0.1, 0.15) is 11.6 Å². The van der Waals surface area contributed by atoms with Crippen molar-refractivity contribution < 1.29 is 13.5 Å². The number of hydrogen-bond acceptors (Lipinski definition) is 2. The van der Waals surface area contributed by atoms with Crippen LogP contribution in [0.1, 0.15) is 25.3 Å². The highest BCUT2D eigenvalue weighted by Gasteiger charge is 2.20. The number of benzene rings is 1. The minimum absolute atomic E-state index is 0.0866. The van der Waals surface area contributed by atoms with Crippen molar-refractivity contribution in [1.82, 2.24) is 5.32 Å². The molecule has 0 amide bonds. The van der Waals surface area contributed by atoms with Gasteiger partial charge in [0.15, 0.2) is 0 Å². The van der Waals surface area contributed by atoms with Gasteiger partial charge in [-0.15, -0.1) is 0 Å². The molecule has 0 aromatic heterocycles. The van der Waals surface area contributed by atoms with Crippen LogP contribution in [0.5, 0.6) is 0 Å². The fourth-order valence-corrected chi connectivity index (χ4v) is 2.53. The van der Waals surface area contributed by atoms with Crippen molar-refractivity contribution in [2.75, 3.05) is 6.61 Å². The predicted octanol–water partition coefficient (Wildman–Crippen LogP) is 3.38. The average Bonchev–Trinajstić information content (AvgIpc) is 2.34. The van der Waals surface area contributed by atoms with Crippen LogP contribution in [0.25, 0.3) is 0 Å². The van der Waals surface area contributed by atoms with E-state index in [1.165, 1.54) is 12.1 Å². The Morgan fingerprint density at radius 2 is 2.22 bits per heavy atom. The molecule has 1 N–H and O–H groups in total. The lowest BCUT2D eigenvalue weighted by molar-refractivity contribution is 0.0129. The Morgan fingerprint density at radius 1 is 1.44 bits per heavy atom. The molecule has 0 radical (unpaired) electrons. The summed E-state index contributed by atoms with van der Waals surface area (Å²) < 4.78 is 33.0. The van der Waals surface area contributed by atoms with Gasteiger partial charge < -0.3 is 10.1 Å². The van der Waals surface area contributed by atoms with E-state index in [0.717, 1.165) is 12.8 Å². The summed E-state index contributed by atoms with van der Waals surface area (Å²) in [5.74, 6) is -1.04. The van der Waals surface area contributed by atoms with Crippen LogP contribution in [-0.4, -0.2) is 18.8 Å². The van der Waals surface area contributed by atoms with Crippen molar-refractivity contribution in [2.45, 2.75) is 38.5 Å². The number of nitrogens with one attached hydrogen (secondary N) is 1. The van der Waals surface area contributed by atoms with Crippen LogP contribution in [0.2, 0.25) is 0 Å². The Morgan fingerprint density at radius 3 is 2.94 bits per heavy atom. The molecule has 2 rings (SSSR count). The molecular formula is C13H16BrF2NO. The van der Waals surface area contributed by atoms with Crippen molar-refractivity contribution in [3.05, 3.63) is 33.8 Å². The number of rotatable bonds is 3. The lowest BCUT2D eigenvalue weighted by Gasteiger charge is -2.28. The Kier molecular flexibility index (Phi) is 4.70. The molecule has 2 nitrogen and oxygen atoms in total. The molecule has 0 bridgehead atoms.